The number of nitrogens with one attached hydrogen (secondary N) is 1. The van der Waals surface area contributed by atoms with Gasteiger partial charge in [-0.3, -0.25) is 0 Å². The Balaban J connectivity index is 0.00000361. The van der Waals surface area contributed by atoms with E-state index >= 15 is 0 Å². The van der Waals surface area contributed by atoms with E-state index in [0.29, 0.717) is 4.32 Å². The average molecular weight is 390 g/mol. The molecule has 0 aromatic heterocycles. The van der Waals surface area contributed by atoms with Crippen LogP contribution in [0.2, 0.25) is 0 Å². The van der Waals surface area contributed by atoms with Crippen LogP contribution in [0.15, 0.2) is 24.3 Å². The van der Waals surface area contributed by atoms with Crippen LogP contribution in [-0.4, -0.2) is 4.32 Å². The van der Waals surface area contributed by atoms with Gasteiger partial charge in [0.05, 0.1) is 0 Å². The van der Waals surface area contributed by atoms with Gasteiger partial charge in [-0.25, -0.2) is 0 Å². The molecule has 0 aliphatic carbocycles. The molecule has 0 fully saturated rings. The third-order valence-corrected chi connectivity index (χ3v) is 3.47. The second kappa shape index (κ2) is 12.7. The number of aryl methyl sites for hydroxylation is 1. The summed E-state index contributed by atoms with van der Waals surface area (Å²) in [6.07, 6.45) is 10.7. The number of unbranched alkanes of at least 4 members (excludes halogenated alkanes) is 6. The summed E-state index contributed by atoms with van der Waals surface area (Å²) in [4.78, 5) is 0. The second-order valence-electron chi connectivity index (χ2n) is 4.98. The molecule has 0 saturated heterocycles. The van der Waals surface area contributed by atoms with Crippen LogP contribution < -0.4 is 5.32 Å². The fraction of sp³-hybridized carbons (Fsp3) is 0.562. The van der Waals surface area contributed by atoms with E-state index in [2.05, 4.69) is 36.5 Å². The zero-order valence-corrected chi connectivity index (χ0v) is 15.8. The van der Waals surface area contributed by atoms with Crippen molar-refractivity contribution in [1.29, 1.82) is 0 Å². The molecular weight excluding hydrogens is 366 g/mol. The van der Waals surface area contributed by atoms with E-state index in [9.17, 15) is 0 Å². The van der Waals surface area contributed by atoms with E-state index in [1.807, 2.05) is 0 Å². The quantitative estimate of drug-likeness (QED) is 0.269. The van der Waals surface area contributed by atoms with Gasteiger partial charge in [-0.05, 0) is 30.5 Å². The Bertz CT molecular complexity index is 365. The molecule has 1 nitrogen and oxygen atoms in total. The molecular formula is C16H24MoNS2-. The minimum Gasteiger partial charge on any atom is -0.411 e. The predicted molar refractivity (Wildman–Crippen MR) is 91.7 cm³/mol. The van der Waals surface area contributed by atoms with Crippen molar-refractivity contribution in [2.75, 3.05) is 5.32 Å². The first-order valence-corrected chi connectivity index (χ1v) is 8.11. The van der Waals surface area contributed by atoms with Gasteiger partial charge in [0.25, 0.3) is 0 Å². The molecule has 0 saturated carbocycles. The number of anilines is 1. The standard InChI is InChI=1S/C16H25NS2.Mo/c1-2-3-4-5-6-7-8-9-14-10-12-15(13-11-14)17-16(18)19;/h10-13H,2-9H2,1H3,(H2,17,18,19);/p-1. The minimum absolute atomic E-state index is 0. The Morgan fingerprint density at radius 1 is 1.00 bits per heavy atom. The van der Waals surface area contributed by atoms with Gasteiger partial charge in [0.15, 0.2) is 0 Å². The molecule has 0 radical (unpaired) electrons. The Kier molecular flexibility index (Phi) is 12.7. The molecule has 0 spiro atoms. The Labute approximate surface area is 149 Å². The third kappa shape index (κ3) is 9.85. The van der Waals surface area contributed by atoms with Gasteiger partial charge in [-0.1, -0.05) is 61.9 Å². The van der Waals surface area contributed by atoms with Crippen LogP contribution in [0.1, 0.15) is 57.4 Å². The molecule has 0 unspecified atom stereocenters. The van der Waals surface area contributed by atoms with Crippen molar-refractivity contribution in [3.63, 3.8) is 0 Å². The normalized spacial score (nSPS) is 9.85. The van der Waals surface area contributed by atoms with E-state index in [4.69, 9.17) is 24.8 Å². The molecule has 0 atom stereocenters. The van der Waals surface area contributed by atoms with Gasteiger partial charge in [0.2, 0.25) is 0 Å². The average Bonchev–Trinajstić information content (AvgIpc) is 2.39. The number of benzene rings is 1. The number of rotatable bonds is 9. The van der Waals surface area contributed by atoms with Crippen molar-refractivity contribution in [3.05, 3.63) is 29.8 Å². The SMILES string of the molecule is CCCCCCCCCc1ccc(NC(=S)[S-])cc1.[Mo]. The second-order valence-corrected chi connectivity index (χ2v) is 6.06. The van der Waals surface area contributed by atoms with E-state index in [1.54, 1.807) is 0 Å². The Morgan fingerprint density at radius 2 is 1.55 bits per heavy atom. The first-order valence-electron chi connectivity index (χ1n) is 7.29. The monoisotopic (exact) mass is 392 g/mol. The summed E-state index contributed by atoms with van der Waals surface area (Å²) in [5.74, 6) is 0. The van der Waals surface area contributed by atoms with Crippen molar-refractivity contribution in [2.45, 2.75) is 58.3 Å². The predicted octanol–water partition coefficient (Wildman–Crippen LogP) is 5.22. The van der Waals surface area contributed by atoms with Crippen molar-refractivity contribution in [3.8, 4) is 0 Å². The van der Waals surface area contributed by atoms with Crippen molar-refractivity contribution in [2.24, 2.45) is 0 Å². The molecule has 0 aliphatic rings. The first kappa shape index (κ1) is 20.0. The summed E-state index contributed by atoms with van der Waals surface area (Å²) in [6, 6.07) is 8.42. The summed E-state index contributed by atoms with van der Waals surface area (Å²) in [5, 5.41) is 2.97. The topological polar surface area (TPSA) is 12.0 Å². The molecule has 1 rings (SSSR count). The van der Waals surface area contributed by atoms with E-state index in [1.165, 1.54) is 56.9 Å². The van der Waals surface area contributed by atoms with Crippen LogP contribution in [0.4, 0.5) is 5.69 Å². The van der Waals surface area contributed by atoms with Gasteiger partial charge in [-0.2, -0.15) is 0 Å². The van der Waals surface area contributed by atoms with Crippen LogP contribution >= 0.6 is 12.2 Å². The van der Waals surface area contributed by atoms with Gasteiger partial charge in [0, 0.05) is 26.8 Å². The van der Waals surface area contributed by atoms with Crippen molar-refractivity contribution in [1.82, 2.24) is 0 Å². The molecule has 4 heteroatoms. The van der Waals surface area contributed by atoms with E-state index in [-0.39, 0.29) is 21.1 Å². The molecule has 1 N–H and O–H groups in total. The number of hydrogen-bond donors (Lipinski definition) is 1. The summed E-state index contributed by atoms with van der Waals surface area (Å²) in [5.41, 5.74) is 2.39. The van der Waals surface area contributed by atoms with Crippen LogP contribution in [0.3, 0.4) is 0 Å². The molecule has 20 heavy (non-hydrogen) atoms. The van der Waals surface area contributed by atoms with Gasteiger partial charge in [-0.15, -0.1) is 0 Å². The molecule has 1 aromatic rings. The van der Waals surface area contributed by atoms with Gasteiger partial charge < -0.3 is 30.2 Å². The molecule has 0 aliphatic heterocycles. The smallest absolute Gasteiger partial charge is 0.0371 e. The largest absolute Gasteiger partial charge is 0.411 e. The molecule has 112 valence electrons. The zero-order chi connectivity index (χ0) is 13.9. The maximum absolute atomic E-state index is 4.84. The number of hydrogen-bond acceptors (Lipinski definition) is 2. The summed E-state index contributed by atoms with van der Waals surface area (Å²) >= 11 is 9.69. The molecule has 0 amide bonds. The van der Waals surface area contributed by atoms with E-state index in [0.717, 1.165) is 5.69 Å². The first-order chi connectivity index (χ1) is 9.22. The van der Waals surface area contributed by atoms with Gasteiger partial charge in [0.1, 0.15) is 0 Å². The molecule has 0 bridgehead atoms. The van der Waals surface area contributed by atoms with Crippen LogP contribution in [0.5, 0.6) is 0 Å². The van der Waals surface area contributed by atoms with E-state index < -0.39 is 0 Å². The number of thiocarbonyl (C=S) groups is 1. The Hall–Kier alpha value is 0.0183. The maximum Gasteiger partial charge on any atom is 0.0371 e. The third-order valence-electron chi connectivity index (χ3n) is 3.27. The molecule has 0 heterocycles. The minimum atomic E-state index is 0. The summed E-state index contributed by atoms with van der Waals surface area (Å²) in [7, 11) is 0. The van der Waals surface area contributed by atoms with Crippen molar-refractivity contribution >= 4 is 34.9 Å². The Morgan fingerprint density at radius 3 is 2.10 bits per heavy atom. The zero-order valence-electron chi connectivity index (χ0n) is 12.2. The fourth-order valence-corrected chi connectivity index (χ4v) is 2.39. The van der Waals surface area contributed by atoms with Crippen LogP contribution in [0.25, 0.3) is 0 Å². The summed E-state index contributed by atoms with van der Waals surface area (Å²) in [6.45, 7) is 2.26. The molecule has 1 aromatic carbocycles. The van der Waals surface area contributed by atoms with Gasteiger partial charge >= 0.3 is 0 Å². The maximum atomic E-state index is 4.84. The summed E-state index contributed by atoms with van der Waals surface area (Å²) < 4.78 is 0.403. The van der Waals surface area contributed by atoms with Crippen LogP contribution in [0, 0.1) is 0 Å². The van der Waals surface area contributed by atoms with Crippen LogP contribution in [-0.2, 0) is 40.1 Å². The fourth-order valence-electron chi connectivity index (χ4n) is 2.16. The van der Waals surface area contributed by atoms with Crippen molar-refractivity contribution < 1.29 is 21.1 Å².